The van der Waals surface area contributed by atoms with Gasteiger partial charge in [-0.1, -0.05) is 60.8 Å². The minimum atomic E-state index is -1.47. The molecule has 2 atom stereocenters. The number of hydrogen-bond donors (Lipinski definition) is 0. The summed E-state index contributed by atoms with van der Waals surface area (Å²) in [6, 6.07) is 11.1. The van der Waals surface area contributed by atoms with Gasteiger partial charge in [-0.25, -0.2) is 0 Å². The summed E-state index contributed by atoms with van der Waals surface area (Å²) in [4.78, 5) is 0. The molecule has 1 heterocycles. The minimum Gasteiger partial charge on any atom is -0.403 e. The lowest BCUT2D eigenvalue weighted by molar-refractivity contribution is 0.00578. The zero-order valence-electron chi connectivity index (χ0n) is 16.0. The van der Waals surface area contributed by atoms with Crippen LogP contribution >= 0.6 is 0 Å². The first-order valence-corrected chi connectivity index (χ1v) is 12.3. The van der Waals surface area contributed by atoms with Crippen molar-refractivity contribution in [3.05, 3.63) is 42.5 Å². The van der Waals surface area contributed by atoms with Crippen LogP contribution < -0.4 is 5.19 Å². The van der Waals surface area contributed by atoms with Crippen LogP contribution in [-0.4, -0.2) is 26.4 Å². The molecule has 1 fully saturated rings. The molecule has 1 saturated heterocycles. The average molecular weight is 342 g/mol. The molecule has 3 rings (SSSR count). The first-order chi connectivity index (χ1) is 11.1. The largest absolute Gasteiger partial charge is 0.465 e. The number of rotatable bonds is 3. The highest BCUT2D eigenvalue weighted by molar-refractivity contribution is 6.91. The SMILES string of the molecule is CC1(C)OB([C@@H]2C=C[C@H]([Si](C)(C)c3ccccc3)CC2)OC1(C)C. The van der Waals surface area contributed by atoms with Gasteiger partial charge in [-0.3, -0.25) is 0 Å². The molecule has 0 amide bonds. The normalized spacial score (nSPS) is 29.0. The lowest BCUT2D eigenvalue weighted by Crippen LogP contribution is -2.46. The molecule has 130 valence electrons. The van der Waals surface area contributed by atoms with Gasteiger partial charge in [-0.2, -0.15) is 0 Å². The van der Waals surface area contributed by atoms with Crippen molar-refractivity contribution in [2.24, 2.45) is 0 Å². The summed E-state index contributed by atoms with van der Waals surface area (Å²) < 4.78 is 12.5. The lowest BCUT2D eigenvalue weighted by atomic mass is 9.67. The smallest absolute Gasteiger partial charge is 0.403 e. The highest BCUT2D eigenvalue weighted by Crippen LogP contribution is 2.44. The van der Waals surface area contributed by atoms with Gasteiger partial charge < -0.3 is 9.31 Å². The van der Waals surface area contributed by atoms with Crippen molar-refractivity contribution in [2.45, 2.75) is 76.2 Å². The van der Waals surface area contributed by atoms with Gasteiger partial charge in [-0.05, 0) is 46.1 Å². The van der Waals surface area contributed by atoms with Crippen LogP contribution in [0, 0.1) is 0 Å². The molecule has 2 aliphatic rings. The number of benzene rings is 1. The van der Waals surface area contributed by atoms with Crippen molar-refractivity contribution in [1.29, 1.82) is 0 Å². The third-order valence-corrected chi connectivity index (χ3v) is 10.6. The number of hydrogen-bond acceptors (Lipinski definition) is 2. The third kappa shape index (κ3) is 3.16. The Morgan fingerprint density at radius 1 is 0.917 bits per heavy atom. The highest BCUT2D eigenvalue weighted by atomic mass is 28.3. The van der Waals surface area contributed by atoms with Crippen LogP contribution in [0.2, 0.25) is 24.5 Å². The molecule has 0 spiro atoms. The lowest BCUT2D eigenvalue weighted by Gasteiger charge is -2.35. The maximum atomic E-state index is 6.25. The summed E-state index contributed by atoms with van der Waals surface area (Å²) in [7, 11) is -1.58. The molecule has 24 heavy (non-hydrogen) atoms. The second-order valence-electron chi connectivity index (χ2n) is 8.95. The molecule has 0 radical (unpaired) electrons. The van der Waals surface area contributed by atoms with Crippen LogP contribution in [0.4, 0.5) is 0 Å². The maximum absolute atomic E-state index is 6.25. The van der Waals surface area contributed by atoms with Crippen molar-refractivity contribution in [2.75, 3.05) is 0 Å². The minimum absolute atomic E-state index is 0.103. The van der Waals surface area contributed by atoms with Gasteiger partial charge in [0.2, 0.25) is 0 Å². The molecular weight excluding hydrogens is 311 g/mol. The molecule has 1 aliphatic carbocycles. The van der Waals surface area contributed by atoms with E-state index >= 15 is 0 Å². The van der Waals surface area contributed by atoms with Crippen LogP contribution in [0.1, 0.15) is 40.5 Å². The van der Waals surface area contributed by atoms with Crippen LogP contribution in [0.5, 0.6) is 0 Å². The average Bonchev–Trinajstić information content (AvgIpc) is 2.76. The van der Waals surface area contributed by atoms with Gasteiger partial charge in [0.1, 0.15) is 0 Å². The molecule has 0 bridgehead atoms. The zero-order valence-corrected chi connectivity index (χ0v) is 17.0. The molecule has 0 unspecified atom stereocenters. The van der Waals surface area contributed by atoms with E-state index in [1.165, 1.54) is 6.42 Å². The van der Waals surface area contributed by atoms with Gasteiger partial charge in [0.05, 0.1) is 19.3 Å². The van der Waals surface area contributed by atoms with Crippen molar-refractivity contribution < 1.29 is 9.31 Å². The first-order valence-electron chi connectivity index (χ1n) is 9.23. The molecular formula is C20H31BO2Si. The van der Waals surface area contributed by atoms with Crippen molar-refractivity contribution in [1.82, 2.24) is 0 Å². The predicted octanol–water partition coefficient (Wildman–Crippen LogP) is 4.78. The van der Waals surface area contributed by atoms with Crippen LogP contribution in [0.3, 0.4) is 0 Å². The zero-order chi connectivity index (χ0) is 17.6. The van der Waals surface area contributed by atoms with Crippen molar-refractivity contribution in [3.63, 3.8) is 0 Å². The third-order valence-electron chi connectivity index (χ3n) is 6.47. The van der Waals surface area contributed by atoms with E-state index in [1.807, 2.05) is 0 Å². The Labute approximate surface area is 148 Å². The van der Waals surface area contributed by atoms with E-state index in [4.69, 9.17) is 9.31 Å². The summed E-state index contributed by atoms with van der Waals surface area (Å²) in [6.45, 7) is 13.5. The monoisotopic (exact) mass is 342 g/mol. The van der Waals surface area contributed by atoms with E-state index in [2.05, 4.69) is 83.3 Å². The number of allylic oxidation sites excluding steroid dienone is 2. The first kappa shape index (κ1) is 18.0. The summed E-state index contributed by atoms with van der Waals surface area (Å²) in [5, 5.41) is 1.55. The summed E-state index contributed by atoms with van der Waals surface area (Å²) in [5.74, 6) is 0.378. The van der Waals surface area contributed by atoms with E-state index in [-0.39, 0.29) is 18.3 Å². The second-order valence-corrected chi connectivity index (χ2v) is 13.7. The topological polar surface area (TPSA) is 18.5 Å². The second kappa shape index (κ2) is 6.15. The van der Waals surface area contributed by atoms with E-state index < -0.39 is 8.07 Å². The summed E-state index contributed by atoms with van der Waals surface area (Å²) in [6.07, 6.45) is 7.22. The Morgan fingerprint density at radius 2 is 1.50 bits per heavy atom. The van der Waals surface area contributed by atoms with Crippen LogP contribution in [-0.2, 0) is 9.31 Å². The molecule has 0 aromatic heterocycles. The summed E-state index contributed by atoms with van der Waals surface area (Å²) in [5.41, 5.74) is 0.222. The molecule has 2 nitrogen and oxygen atoms in total. The van der Waals surface area contributed by atoms with E-state index in [1.54, 1.807) is 5.19 Å². The van der Waals surface area contributed by atoms with Gasteiger partial charge in [0, 0.05) is 5.82 Å². The molecule has 1 aliphatic heterocycles. The fraction of sp³-hybridized carbons (Fsp3) is 0.600. The standard InChI is InChI=1S/C20H31BO2Si/c1-19(2)20(3,4)23-21(22-19)16-12-14-18(15-13-16)24(5,6)17-10-8-7-9-11-17/h7-12,14,16,18H,13,15H2,1-6H3/t16-,18+/m1/s1. The molecule has 4 heteroatoms. The molecule has 1 aromatic rings. The van der Waals surface area contributed by atoms with Crippen molar-refractivity contribution >= 4 is 20.4 Å². The van der Waals surface area contributed by atoms with Gasteiger partial charge >= 0.3 is 7.12 Å². The predicted molar refractivity (Wildman–Crippen MR) is 106 cm³/mol. The molecule has 0 saturated carbocycles. The van der Waals surface area contributed by atoms with Gasteiger partial charge in [0.25, 0.3) is 0 Å². The Hall–Kier alpha value is -0.838. The Kier molecular flexibility index (Phi) is 4.61. The van der Waals surface area contributed by atoms with Crippen LogP contribution in [0.25, 0.3) is 0 Å². The van der Waals surface area contributed by atoms with E-state index in [0.29, 0.717) is 11.4 Å². The molecule has 1 aromatic carbocycles. The molecule has 0 N–H and O–H groups in total. The van der Waals surface area contributed by atoms with Gasteiger partial charge in [0.15, 0.2) is 0 Å². The quantitative estimate of drug-likeness (QED) is 0.581. The van der Waals surface area contributed by atoms with E-state index in [9.17, 15) is 0 Å². The fourth-order valence-electron chi connectivity index (χ4n) is 3.81. The van der Waals surface area contributed by atoms with Crippen molar-refractivity contribution in [3.8, 4) is 0 Å². The Balaban J connectivity index is 1.71. The summed E-state index contributed by atoms with van der Waals surface area (Å²) >= 11 is 0. The highest BCUT2D eigenvalue weighted by Gasteiger charge is 2.53. The Bertz CT molecular complexity index is 593. The Morgan fingerprint density at radius 3 is 2.00 bits per heavy atom. The fourth-order valence-corrected chi connectivity index (χ4v) is 6.78. The van der Waals surface area contributed by atoms with E-state index in [0.717, 1.165) is 6.42 Å². The van der Waals surface area contributed by atoms with Crippen LogP contribution in [0.15, 0.2) is 42.5 Å². The van der Waals surface area contributed by atoms with Gasteiger partial charge in [-0.15, -0.1) is 0 Å². The maximum Gasteiger partial charge on any atom is 0.465 e.